The Morgan fingerprint density at radius 2 is 0.519 bits per heavy atom. The number of nitrogens with zero attached hydrogens (tertiary/aromatic N) is 4. The van der Waals surface area contributed by atoms with Crippen molar-refractivity contribution in [3.8, 4) is 42.3 Å². The van der Waals surface area contributed by atoms with E-state index >= 15 is 0 Å². The second kappa shape index (κ2) is 13.5. The van der Waals surface area contributed by atoms with E-state index in [2.05, 4.69) is 125 Å². The summed E-state index contributed by atoms with van der Waals surface area (Å²) in [6, 6.07) is 41.6. The van der Waals surface area contributed by atoms with Crippen molar-refractivity contribution >= 4 is 86.2 Å². The first-order chi connectivity index (χ1) is 25.4. The van der Waals surface area contributed by atoms with Gasteiger partial charge in [-0.1, -0.05) is 121 Å². The second-order valence-electron chi connectivity index (χ2n) is 12.8. The van der Waals surface area contributed by atoms with Crippen molar-refractivity contribution in [2.24, 2.45) is 0 Å². The average molecular weight is 745 g/mol. The van der Waals surface area contributed by atoms with Crippen LogP contribution in [0.1, 0.15) is 22.3 Å². The predicted octanol–water partition coefficient (Wildman–Crippen LogP) is 13.7. The summed E-state index contributed by atoms with van der Waals surface area (Å²) >= 11 is 7.09. The van der Waals surface area contributed by atoms with Gasteiger partial charge in [-0.3, -0.25) is 0 Å². The van der Waals surface area contributed by atoms with Gasteiger partial charge in [-0.2, -0.15) is 0 Å². The third-order valence-electron chi connectivity index (χ3n) is 9.37. The Kier molecular flexibility index (Phi) is 8.48. The Hall–Kier alpha value is -5.12. The maximum Gasteiger partial charge on any atom is 0.124 e. The summed E-state index contributed by atoms with van der Waals surface area (Å²) in [5, 5.41) is 4.31. The van der Waals surface area contributed by atoms with Crippen LogP contribution in [0.2, 0.25) is 0 Å². The van der Waals surface area contributed by atoms with Gasteiger partial charge in [-0.05, 0) is 44.4 Å². The first kappa shape index (κ1) is 32.8. The fourth-order valence-electron chi connectivity index (χ4n) is 6.56. The zero-order chi connectivity index (χ0) is 35.3. The summed E-state index contributed by atoms with van der Waals surface area (Å²) in [5.74, 6) is 0. The summed E-state index contributed by atoms with van der Waals surface area (Å²) in [4.78, 5) is 19.9. The van der Waals surface area contributed by atoms with E-state index in [1.54, 1.807) is 45.3 Å². The van der Waals surface area contributed by atoms with Crippen LogP contribution in [0, 0.1) is 27.7 Å². The molecular formula is C44H32N4S4. The third kappa shape index (κ3) is 5.72. The molecular weight excluding hydrogens is 713 g/mol. The van der Waals surface area contributed by atoms with Crippen LogP contribution in [0.15, 0.2) is 121 Å². The van der Waals surface area contributed by atoms with Crippen LogP contribution < -0.4 is 0 Å². The Morgan fingerprint density at radius 1 is 0.288 bits per heavy atom. The fraction of sp³-hybridized carbons (Fsp3) is 0.0909. The van der Waals surface area contributed by atoms with E-state index in [4.69, 9.17) is 19.9 Å². The lowest BCUT2D eigenvalue weighted by molar-refractivity contribution is 1.39. The predicted molar refractivity (Wildman–Crippen MR) is 226 cm³/mol. The lowest BCUT2D eigenvalue weighted by Crippen LogP contribution is -1.84. The Morgan fingerprint density at radius 3 is 0.788 bits per heavy atom. The molecule has 6 aromatic carbocycles. The largest absolute Gasteiger partial charge is 0.236 e. The first-order valence-electron chi connectivity index (χ1n) is 17.1. The Bertz CT molecular complexity index is 2370. The number of rotatable bonds is 4. The molecule has 0 saturated carbocycles. The number of fused-ring (bicyclic) bond motifs is 4. The number of hydrogen-bond acceptors (Lipinski definition) is 8. The Balaban J connectivity index is 0.000000138. The highest BCUT2D eigenvalue weighted by atomic mass is 32.1. The molecule has 0 radical (unpaired) electrons. The minimum absolute atomic E-state index is 1.08. The highest BCUT2D eigenvalue weighted by molar-refractivity contribution is 7.24. The van der Waals surface area contributed by atoms with Crippen LogP contribution in [-0.2, 0) is 0 Å². The minimum Gasteiger partial charge on any atom is -0.236 e. The molecule has 0 aliphatic heterocycles. The van der Waals surface area contributed by atoms with Crippen molar-refractivity contribution < 1.29 is 0 Å². The van der Waals surface area contributed by atoms with Gasteiger partial charge in [0.15, 0.2) is 0 Å². The van der Waals surface area contributed by atoms with E-state index in [-0.39, 0.29) is 0 Å². The maximum absolute atomic E-state index is 4.97. The van der Waals surface area contributed by atoms with Crippen molar-refractivity contribution in [1.29, 1.82) is 0 Å². The summed E-state index contributed by atoms with van der Waals surface area (Å²) in [6.45, 7) is 8.69. The van der Waals surface area contributed by atoms with Crippen LogP contribution in [0.5, 0.6) is 0 Å². The van der Waals surface area contributed by atoms with Crippen LogP contribution in [0.3, 0.4) is 0 Å². The summed E-state index contributed by atoms with van der Waals surface area (Å²) in [7, 11) is 0. The highest BCUT2D eigenvalue weighted by Crippen LogP contribution is 2.43. The molecule has 4 aromatic heterocycles. The molecule has 0 amide bonds. The normalized spacial score (nSPS) is 11.5. The topological polar surface area (TPSA) is 51.6 Å². The molecule has 0 aliphatic carbocycles. The molecule has 0 N–H and O–H groups in total. The monoisotopic (exact) mass is 744 g/mol. The van der Waals surface area contributed by atoms with Crippen molar-refractivity contribution in [2.75, 3.05) is 0 Å². The van der Waals surface area contributed by atoms with Crippen molar-refractivity contribution in [1.82, 2.24) is 19.9 Å². The molecule has 52 heavy (non-hydrogen) atoms. The van der Waals surface area contributed by atoms with Gasteiger partial charge < -0.3 is 0 Å². The Labute approximate surface area is 317 Å². The first-order valence-corrected chi connectivity index (χ1v) is 20.3. The maximum atomic E-state index is 4.97. The van der Waals surface area contributed by atoms with E-state index in [1.807, 2.05) is 24.3 Å². The molecule has 10 aromatic rings. The highest BCUT2D eigenvalue weighted by Gasteiger charge is 2.20. The van der Waals surface area contributed by atoms with Crippen LogP contribution in [0.4, 0.5) is 0 Å². The average Bonchev–Trinajstić information content (AvgIpc) is 4.03. The van der Waals surface area contributed by atoms with E-state index < -0.39 is 0 Å². The van der Waals surface area contributed by atoms with E-state index in [9.17, 15) is 0 Å². The number of aryl methyl sites for hydroxylation is 4. The quantitative estimate of drug-likeness (QED) is 0.180. The smallest absolute Gasteiger partial charge is 0.124 e. The third-order valence-corrected chi connectivity index (χ3v) is 14.3. The molecule has 4 nitrogen and oxygen atoms in total. The molecule has 252 valence electrons. The van der Waals surface area contributed by atoms with Gasteiger partial charge in [-0.25, -0.2) is 19.9 Å². The van der Waals surface area contributed by atoms with Gasteiger partial charge in [0.25, 0.3) is 0 Å². The van der Waals surface area contributed by atoms with Crippen molar-refractivity contribution in [2.45, 2.75) is 27.7 Å². The van der Waals surface area contributed by atoms with Gasteiger partial charge >= 0.3 is 0 Å². The van der Waals surface area contributed by atoms with Crippen LogP contribution in [-0.4, -0.2) is 19.9 Å². The van der Waals surface area contributed by atoms with Gasteiger partial charge in [0.05, 0.1) is 40.9 Å². The molecule has 8 heteroatoms. The van der Waals surface area contributed by atoms with Crippen molar-refractivity contribution in [3.05, 3.63) is 144 Å². The van der Waals surface area contributed by atoms with E-state index in [1.165, 1.54) is 63.3 Å². The SMILES string of the molecule is Cc1c2nc(-c3ccccc3)sc2c(C)c2nc(-c3ccccc3)sc12.Cc1c2nc(-c3ccccc3)sc2c(C)c2sc(-c3ccccc3)nc12. The van der Waals surface area contributed by atoms with Gasteiger partial charge in [-0.15, -0.1) is 45.3 Å². The zero-order valence-electron chi connectivity index (χ0n) is 29.0. The molecule has 0 saturated heterocycles. The lowest BCUT2D eigenvalue weighted by Gasteiger charge is -2.00. The zero-order valence-corrected chi connectivity index (χ0v) is 32.2. The van der Waals surface area contributed by atoms with Gasteiger partial charge in [0.2, 0.25) is 0 Å². The fourth-order valence-corrected chi connectivity index (χ4v) is 11.2. The van der Waals surface area contributed by atoms with Gasteiger partial charge in [0, 0.05) is 27.8 Å². The molecule has 0 atom stereocenters. The summed E-state index contributed by atoms with van der Waals surface area (Å²) < 4.78 is 5.05. The number of benzene rings is 6. The molecule has 4 heterocycles. The van der Waals surface area contributed by atoms with Gasteiger partial charge in [0.1, 0.15) is 20.0 Å². The molecule has 0 spiro atoms. The summed E-state index contributed by atoms with van der Waals surface area (Å²) in [5.41, 5.74) is 14.0. The molecule has 10 rings (SSSR count). The van der Waals surface area contributed by atoms with E-state index in [0.29, 0.717) is 0 Å². The minimum atomic E-state index is 1.08. The van der Waals surface area contributed by atoms with Crippen LogP contribution >= 0.6 is 45.3 Å². The van der Waals surface area contributed by atoms with E-state index in [0.717, 1.165) is 42.1 Å². The molecule has 0 unspecified atom stereocenters. The number of thiazole rings is 4. The number of hydrogen-bond donors (Lipinski definition) is 0. The standard InChI is InChI=1S/2C22H16N2S2/c1-13-17-20(26-21(23-17)15-9-5-3-6-10-15)14(2)18-19(13)25-22(24-18)16-11-7-4-8-12-16;1-13-17-19(25-21(23-17)15-9-5-3-6-10-15)14(2)20-18(13)24-22(26-20)16-11-7-4-8-12-16/h2*3-12H,1-2H3. The molecule has 0 bridgehead atoms. The summed E-state index contributed by atoms with van der Waals surface area (Å²) in [6.07, 6.45) is 0. The molecule has 0 fully saturated rings. The second-order valence-corrected chi connectivity index (χ2v) is 16.7. The lowest BCUT2D eigenvalue weighted by atomic mass is 10.1. The van der Waals surface area contributed by atoms with Crippen molar-refractivity contribution in [3.63, 3.8) is 0 Å². The van der Waals surface area contributed by atoms with Crippen LogP contribution in [0.25, 0.3) is 83.2 Å². The molecule has 0 aliphatic rings. The number of aromatic nitrogens is 4.